The summed E-state index contributed by atoms with van der Waals surface area (Å²) in [6, 6.07) is 19.1. The van der Waals surface area contributed by atoms with Gasteiger partial charge in [-0.1, -0.05) is 30.3 Å². The summed E-state index contributed by atoms with van der Waals surface area (Å²) < 4.78 is 14.2. The fourth-order valence-electron chi connectivity index (χ4n) is 3.62. The molecule has 0 spiro atoms. The number of aromatic nitrogens is 1. The van der Waals surface area contributed by atoms with Crippen molar-refractivity contribution in [2.75, 3.05) is 10.6 Å². The number of benzene rings is 2. The molecule has 0 saturated heterocycles. The number of halogens is 1. The number of pyridine rings is 1. The fraction of sp³-hybridized carbons (Fsp3) is 0.154. The van der Waals surface area contributed by atoms with Gasteiger partial charge in [0.2, 0.25) is 0 Å². The molecule has 4 rings (SSSR count). The molecule has 6 heteroatoms. The minimum Gasteiger partial charge on any atom is -0.359 e. The molecule has 2 aromatic carbocycles. The van der Waals surface area contributed by atoms with Crippen LogP contribution < -0.4 is 10.6 Å². The zero-order valence-corrected chi connectivity index (χ0v) is 19.0. The van der Waals surface area contributed by atoms with Gasteiger partial charge in [0.25, 0.3) is 5.91 Å². The summed E-state index contributed by atoms with van der Waals surface area (Å²) in [5.41, 5.74) is 4.36. The van der Waals surface area contributed by atoms with Crippen molar-refractivity contribution < 1.29 is 9.18 Å². The van der Waals surface area contributed by atoms with Crippen molar-refractivity contribution in [1.82, 2.24) is 4.98 Å². The van der Waals surface area contributed by atoms with Gasteiger partial charge in [0.1, 0.15) is 16.6 Å². The molecule has 2 aromatic heterocycles. The van der Waals surface area contributed by atoms with E-state index in [0.717, 1.165) is 32.1 Å². The minimum atomic E-state index is -0.393. The van der Waals surface area contributed by atoms with Crippen molar-refractivity contribution in [1.29, 1.82) is 0 Å². The van der Waals surface area contributed by atoms with Gasteiger partial charge in [0, 0.05) is 22.2 Å². The molecule has 0 aliphatic carbocycles. The van der Waals surface area contributed by atoms with E-state index in [0.29, 0.717) is 11.4 Å². The van der Waals surface area contributed by atoms with Gasteiger partial charge in [-0.2, -0.15) is 0 Å². The van der Waals surface area contributed by atoms with Crippen LogP contribution >= 0.6 is 11.3 Å². The Kier molecular flexibility index (Phi) is 6.32. The summed E-state index contributed by atoms with van der Waals surface area (Å²) in [5.74, 6) is 0.189. The normalized spacial score (nSPS) is 11.8. The Morgan fingerprint density at radius 1 is 1.00 bits per heavy atom. The summed E-state index contributed by atoms with van der Waals surface area (Å²) in [7, 11) is 0. The third-order valence-electron chi connectivity index (χ3n) is 5.37. The highest BCUT2D eigenvalue weighted by molar-refractivity contribution is 7.16. The minimum absolute atomic E-state index is 0.181. The Labute approximate surface area is 191 Å². The predicted octanol–water partition coefficient (Wildman–Crippen LogP) is 6.66. The molecular weight excluding hydrogens is 421 g/mol. The summed E-state index contributed by atoms with van der Waals surface area (Å²) in [4.78, 5) is 18.4. The van der Waals surface area contributed by atoms with Gasteiger partial charge < -0.3 is 10.6 Å². The van der Waals surface area contributed by atoms with E-state index in [1.165, 1.54) is 23.5 Å². The number of hydrogen-bond donors (Lipinski definition) is 2. The van der Waals surface area contributed by atoms with E-state index in [9.17, 15) is 9.18 Å². The van der Waals surface area contributed by atoms with Crippen LogP contribution in [0.1, 0.15) is 43.5 Å². The van der Waals surface area contributed by atoms with E-state index in [1.54, 1.807) is 24.4 Å². The van der Waals surface area contributed by atoms with Gasteiger partial charge in [-0.25, -0.2) is 9.37 Å². The maximum Gasteiger partial charge on any atom is 0.256 e. The maximum atomic E-state index is 14.2. The average molecular weight is 446 g/mol. The van der Waals surface area contributed by atoms with E-state index in [1.807, 2.05) is 57.2 Å². The van der Waals surface area contributed by atoms with E-state index in [2.05, 4.69) is 15.6 Å². The van der Waals surface area contributed by atoms with Crippen molar-refractivity contribution in [2.24, 2.45) is 0 Å². The van der Waals surface area contributed by atoms with Crippen LogP contribution in [-0.4, -0.2) is 10.9 Å². The Hall–Kier alpha value is -3.51. The molecule has 0 fully saturated rings. The Morgan fingerprint density at radius 2 is 1.78 bits per heavy atom. The number of aryl methyl sites for hydroxylation is 2. The smallest absolute Gasteiger partial charge is 0.256 e. The summed E-state index contributed by atoms with van der Waals surface area (Å²) in [6.07, 6.45) is 1.74. The van der Waals surface area contributed by atoms with Crippen LogP contribution in [0.4, 0.5) is 15.2 Å². The van der Waals surface area contributed by atoms with Gasteiger partial charge in [-0.3, -0.25) is 4.79 Å². The molecule has 1 amide bonds. The van der Waals surface area contributed by atoms with Crippen LogP contribution in [0.2, 0.25) is 0 Å². The molecule has 0 radical (unpaired) electrons. The first-order chi connectivity index (χ1) is 15.4. The van der Waals surface area contributed by atoms with Crippen LogP contribution in [0.25, 0.3) is 0 Å². The van der Waals surface area contributed by atoms with Crippen LogP contribution in [-0.2, 0) is 0 Å². The van der Waals surface area contributed by atoms with Crippen molar-refractivity contribution in [3.8, 4) is 0 Å². The lowest BCUT2D eigenvalue weighted by Gasteiger charge is -2.22. The zero-order chi connectivity index (χ0) is 22.7. The molecule has 32 heavy (non-hydrogen) atoms. The first-order valence-corrected chi connectivity index (χ1v) is 11.1. The molecule has 2 heterocycles. The molecule has 0 unspecified atom stereocenters. The number of nitrogens with one attached hydrogen (secondary N) is 2. The lowest BCUT2D eigenvalue weighted by molar-refractivity contribution is 0.102. The second-order valence-corrected chi connectivity index (χ2v) is 8.92. The van der Waals surface area contributed by atoms with E-state index >= 15 is 0 Å². The van der Waals surface area contributed by atoms with Gasteiger partial charge in [-0.15, -0.1) is 11.3 Å². The van der Waals surface area contributed by atoms with Crippen LogP contribution in [0.5, 0.6) is 0 Å². The van der Waals surface area contributed by atoms with E-state index in [-0.39, 0.29) is 11.7 Å². The Morgan fingerprint density at radius 3 is 2.50 bits per heavy atom. The van der Waals surface area contributed by atoms with Gasteiger partial charge in [0.15, 0.2) is 0 Å². The number of hydrogen-bond acceptors (Lipinski definition) is 4. The summed E-state index contributed by atoms with van der Waals surface area (Å²) in [5, 5.41) is 7.28. The van der Waals surface area contributed by atoms with Gasteiger partial charge in [0.05, 0.1) is 6.04 Å². The van der Waals surface area contributed by atoms with Crippen LogP contribution in [0.3, 0.4) is 0 Å². The van der Waals surface area contributed by atoms with Crippen molar-refractivity contribution in [3.05, 3.63) is 111 Å². The van der Waals surface area contributed by atoms with E-state index < -0.39 is 6.04 Å². The molecule has 0 saturated carbocycles. The molecule has 0 aliphatic heterocycles. The summed E-state index contributed by atoms with van der Waals surface area (Å²) >= 11 is 1.52. The Balaban J connectivity index is 1.79. The highest BCUT2D eigenvalue weighted by Crippen LogP contribution is 2.41. The SMILES string of the molecule is Cc1ccnc(N[C@@H](c2cccc(F)c2)c2c(NC(=O)c3ccccc3)sc(C)c2C)c1. The topological polar surface area (TPSA) is 54.0 Å². The average Bonchev–Trinajstić information content (AvgIpc) is 3.05. The quantitative estimate of drug-likeness (QED) is 0.349. The summed E-state index contributed by atoms with van der Waals surface area (Å²) in [6.45, 7) is 6.04. The lowest BCUT2D eigenvalue weighted by atomic mass is 9.96. The van der Waals surface area contributed by atoms with Gasteiger partial charge >= 0.3 is 0 Å². The predicted molar refractivity (Wildman–Crippen MR) is 129 cm³/mol. The Bertz CT molecular complexity index is 1250. The number of thiophene rings is 1. The van der Waals surface area contributed by atoms with Crippen LogP contribution in [0, 0.1) is 26.6 Å². The molecule has 4 aromatic rings. The number of carbonyl (C=O) groups excluding carboxylic acids is 1. The largest absolute Gasteiger partial charge is 0.359 e. The first-order valence-electron chi connectivity index (χ1n) is 10.3. The second kappa shape index (κ2) is 9.32. The molecule has 0 bridgehead atoms. The third-order valence-corrected chi connectivity index (χ3v) is 6.51. The van der Waals surface area contributed by atoms with E-state index in [4.69, 9.17) is 0 Å². The van der Waals surface area contributed by atoms with Crippen LogP contribution in [0.15, 0.2) is 72.9 Å². The highest BCUT2D eigenvalue weighted by atomic mass is 32.1. The standard InChI is InChI=1S/C26H24FN3OS/c1-16-12-13-28-22(14-16)29-24(20-10-7-11-21(27)15-20)23-17(2)18(3)32-26(23)30-25(31)19-8-5-4-6-9-19/h4-15,24H,1-3H3,(H,28,29)(H,30,31)/t24-/m0/s1. The number of amides is 1. The molecule has 162 valence electrons. The number of rotatable bonds is 6. The molecule has 0 aliphatic rings. The molecule has 4 nitrogen and oxygen atoms in total. The molecule has 1 atom stereocenters. The van der Waals surface area contributed by atoms with Crippen molar-refractivity contribution in [2.45, 2.75) is 26.8 Å². The maximum absolute atomic E-state index is 14.2. The molecule has 2 N–H and O–H groups in total. The third kappa shape index (κ3) is 4.70. The number of carbonyl (C=O) groups is 1. The van der Waals surface area contributed by atoms with Crippen molar-refractivity contribution >= 4 is 28.1 Å². The number of anilines is 2. The fourth-order valence-corrected chi connectivity index (χ4v) is 4.71. The van der Waals surface area contributed by atoms with Gasteiger partial charge in [-0.05, 0) is 73.9 Å². The monoisotopic (exact) mass is 445 g/mol. The molecular formula is C26H24FN3OS. The first kappa shape index (κ1) is 21.7. The zero-order valence-electron chi connectivity index (χ0n) is 18.1. The second-order valence-electron chi connectivity index (χ2n) is 7.70. The lowest BCUT2D eigenvalue weighted by Crippen LogP contribution is -2.18. The highest BCUT2D eigenvalue weighted by Gasteiger charge is 2.25. The number of nitrogens with zero attached hydrogens (tertiary/aromatic N) is 1. The van der Waals surface area contributed by atoms with Crippen molar-refractivity contribution in [3.63, 3.8) is 0 Å².